The molecule has 0 aromatic rings. The normalized spacial score (nSPS) is 12.0. The lowest BCUT2D eigenvalue weighted by Gasteiger charge is -2.17. The highest BCUT2D eigenvalue weighted by Crippen LogP contribution is 2.05. The van der Waals surface area contributed by atoms with Gasteiger partial charge >= 0.3 is 12.1 Å². The Morgan fingerprint density at radius 1 is 0.952 bits per heavy atom. The lowest BCUT2D eigenvalue weighted by molar-refractivity contribution is -0.146. The van der Waals surface area contributed by atoms with Gasteiger partial charge in [-0.2, -0.15) is 0 Å². The van der Waals surface area contributed by atoms with Gasteiger partial charge in [-0.15, -0.1) is 0 Å². The summed E-state index contributed by atoms with van der Waals surface area (Å²) in [6.45, 7) is 9.04. The van der Waals surface area contributed by atoms with Crippen LogP contribution >= 0.6 is 0 Å². The molecule has 0 aliphatic carbocycles. The molecule has 0 aromatic heterocycles. The lowest BCUT2D eigenvalue weighted by atomic mass is 10.1. The number of amides is 1. The van der Waals surface area contributed by atoms with Crippen molar-refractivity contribution in [2.24, 2.45) is 5.92 Å². The van der Waals surface area contributed by atoms with Gasteiger partial charge in [0.2, 0.25) is 0 Å². The Labute approximate surface area is 128 Å². The zero-order valence-corrected chi connectivity index (χ0v) is 13.9. The zero-order chi connectivity index (χ0) is 16.1. The van der Waals surface area contributed by atoms with Gasteiger partial charge in [0.1, 0.15) is 6.04 Å². The number of nitrogens with one attached hydrogen (secondary N) is 1. The molecule has 124 valence electrons. The number of ether oxygens (including phenoxy) is 2. The molecule has 0 fully saturated rings. The molecule has 0 aliphatic rings. The van der Waals surface area contributed by atoms with Crippen LogP contribution < -0.4 is 5.32 Å². The molecule has 1 N–H and O–H groups in total. The Morgan fingerprint density at radius 3 is 2.19 bits per heavy atom. The average Bonchev–Trinajstić information content (AvgIpc) is 2.43. The molecule has 0 radical (unpaired) electrons. The second kappa shape index (κ2) is 12.5. The molecule has 0 spiro atoms. The first-order valence-electron chi connectivity index (χ1n) is 8.11. The Morgan fingerprint density at radius 2 is 1.62 bits per heavy atom. The van der Waals surface area contributed by atoms with E-state index in [1.54, 1.807) is 0 Å². The van der Waals surface area contributed by atoms with E-state index in [2.05, 4.69) is 19.2 Å². The fraction of sp³-hybridized carbons (Fsp3) is 0.875. The summed E-state index contributed by atoms with van der Waals surface area (Å²) < 4.78 is 10.2. The maximum atomic E-state index is 12.0. The first-order chi connectivity index (χ1) is 10.0. The van der Waals surface area contributed by atoms with Crippen LogP contribution in [0.1, 0.15) is 66.2 Å². The van der Waals surface area contributed by atoms with E-state index in [4.69, 9.17) is 9.47 Å². The summed E-state index contributed by atoms with van der Waals surface area (Å²) in [7, 11) is 0. The number of alkyl carbamates (subject to hydrolysis) is 1. The number of hydrogen-bond donors (Lipinski definition) is 1. The van der Waals surface area contributed by atoms with Crippen molar-refractivity contribution in [3.63, 3.8) is 0 Å². The highest BCUT2D eigenvalue weighted by atomic mass is 16.6. The Hall–Kier alpha value is -1.26. The first kappa shape index (κ1) is 19.7. The van der Waals surface area contributed by atoms with Crippen LogP contribution in [0.25, 0.3) is 0 Å². The van der Waals surface area contributed by atoms with Gasteiger partial charge in [0, 0.05) is 0 Å². The van der Waals surface area contributed by atoms with E-state index in [0.29, 0.717) is 25.6 Å². The summed E-state index contributed by atoms with van der Waals surface area (Å²) in [5.74, 6) is 0.231. The summed E-state index contributed by atoms with van der Waals surface area (Å²) in [6.07, 6.45) is 4.48. The van der Waals surface area contributed by atoms with Crippen molar-refractivity contribution in [3.8, 4) is 0 Å². The van der Waals surface area contributed by atoms with Gasteiger partial charge in [-0.1, -0.05) is 40.5 Å². The van der Waals surface area contributed by atoms with Gasteiger partial charge in [0.05, 0.1) is 13.2 Å². The summed E-state index contributed by atoms with van der Waals surface area (Å²) >= 11 is 0. The second-order valence-electron chi connectivity index (χ2n) is 5.68. The van der Waals surface area contributed by atoms with Gasteiger partial charge in [0.15, 0.2) is 0 Å². The second-order valence-corrected chi connectivity index (χ2v) is 5.68. The molecule has 0 bridgehead atoms. The largest absolute Gasteiger partial charge is 0.464 e. The summed E-state index contributed by atoms with van der Waals surface area (Å²) in [4.78, 5) is 23.5. The van der Waals surface area contributed by atoms with E-state index in [0.717, 1.165) is 32.1 Å². The van der Waals surface area contributed by atoms with Crippen molar-refractivity contribution >= 4 is 12.1 Å². The van der Waals surface area contributed by atoms with Crippen molar-refractivity contribution in [2.45, 2.75) is 72.3 Å². The third kappa shape index (κ3) is 11.1. The highest BCUT2D eigenvalue weighted by Gasteiger charge is 2.21. The molecule has 0 rings (SSSR count). The summed E-state index contributed by atoms with van der Waals surface area (Å²) in [6, 6.07) is -0.608. The molecule has 1 atom stereocenters. The average molecular weight is 301 g/mol. The molecule has 0 saturated carbocycles. The van der Waals surface area contributed by atoms with Crippen molar-refractivity contribution in [1.29, 1.82) is 0 Å². The van der Waals surface area contributed by atoms with E-state index in [-0.39, 0.29) is 5.97 Å². The third-order valence-corrected chi connectivity index (χ3v) is 3.06. The summed E-state index contributed by atoms with van der Waals surface area (Å²) in [5.41, 5.74) is 0. The SMILES string of the molecule is CCCCOC(=O)NC(CCC)C(=O)OCCCC(C)C. The number of rotatable bonds is 11. The highest BCUT2D eigenvalue weighted by molar-refractivity contribution is 5.81. The van der Waals surface area contributed by atoms with Crippen LogP contribution in [0.5, 0.6) is 0 Å². The lowest BCUT2D eigenvalue weighted by Crippen LogP contribution is -2.42. The topological polar surface area (TPSA) is 64.6 Å². The van der Waals surface area contributed by atoms with Crippen LogP contribution in [0.3, 0.4) is 0 Å². The van der Waals surface area contributed by atoms with Crippen LogP contribution in [0.4, 0.5) is 4.79 Å². The van der Waals surface area contributed by atoms with E-state index in [9.17, 15) is 9.59 Å². The van der Waals surface area contributed by atoms with E-state index < -0.39 is 12.1 Å². The monoisotopic (exact) mass is 301 g/mol. The van der Waals surface area contributed by atoms with E-state index in [1.165, 1.54) is 0 Å². The van der Waals surface area contributed by atoms with Crippen molar-refractivity contribution in [3.05, 3.63) is 0 Å². The Bertz CT molecular complexity index is 292. The van der Waals surface area contributed by atoms with Gasteiger partial charge < -0.3 is 14.8 Å². The molecule has 0 aliphatic heterocycles. The van der Waals surface area contributed by atoms with Crippen molar-refractivity contribution < 1.29 is 19.1 Å². The van der Waals surface area contributed by atoms with Crippen LogP contribution in [-0.2, 0) is 14.3 Å². The molecule has 0 aromatic carbocycles. The van der Waals surface area contributed by atoms with Crippen LogP contribution in [-0.4, -0.2) is 31.3 Å². The van der Waals surface area contributed by atoms with Crippen molar-refractivity contribution in [1.82, 2.24) is 5.32 Å². The molecule has 5 nitrogen and oxygen atoms in total. The maximum Gasteiger partial charge on any atom is 0.407 e. The molecule has 0 saturated heterocycles. The minimum atomic E-state index is -0.608. The predicted molar refractivity (Wildman–Crippen MR) is 83.1 cm³/mol. The fourth-order valence-electron chi connectivity index (χ4n) is 1.80. The van der Waals surface area contributed by atoms with Gasteiger partial charge in [-0.25, -0.2) is 9.59 Å². The van der Waals surface area contributed by atoms with Gasteiger partial charge in [-0.05, 0) is 31.6 Å². The van der Waals surface area contributed by atoms with E-state index in [1.807, 2.05) is 13.8 Å². The molecular weight excluding hydrogens is 270 g/mol. The van der Waals surface area contributed by atoms with E-state index >= 15 is 0 Å². The van der Waals surface area contributed by atoms with Crippen LogP contribution in [0, 0.1) is 5.92 Å². The van der Waals surface area contributed by atoms with Gasteiger partial charge in [0.25, 0.3) is 0 Å². The molecule has 0 heterocycles. The number of hydrogen-bond acceptors (Lipinski definition) is 4. The van der Waals surface area contributed by atoms with Crippen molar-refractivity contribution in [2.75, 3.05) is 13.2 Å². The zero-order valence-electron chi connectivity index (χ0n) is 13.9. The first-order valence-corrected chi connectivity index (χ1v) is 8.11. The molecule has 5 heteroatoms. The molecule has 1 unspecified atom stereocenters. The smallest absolute Gasteiger partial charge is 0.407 e. The predicted octanol–water partition coefficient (Wildman–Crippen LogP) is 3.66. The number of esters is 1. The minimum Gasteiger partial charge on any atom is -0.464 e. The Balaban J connectivity index is 4.07. The minimum absolute atomic E-state index is 0.368. The quantitative estimate of drug-likeness (QED) is 0.467. The number of carbonyl (C=O) groups is 2. The third-order valence-electron chi connectivity index (χ3n) is 3.06. The summed E-state index contributed by atoms with van der Waals surface area (Å²) in [5, 5.41) is 2.59. The van der Waals surface area contributed by atoms with Gasteiger partial charge in [-0.3, -0.25) is 0 Å². The van der Waals surface area contributed by atoms with Crippen LogP contribution in [0.15, 0.2) is 0 Å². The number of unbranched alkanes of at least 4 members (excludes halogenated alkanes) is 1. The Kier molecular flexibility index (Phi) is 11.7. The maximum absolute atomic E-state index is 12.0. The molecule has 1 amide bonds. The molecular formula is C16H31NO4. The van der Waals surface area contributed by atoms with Crippen LogP contribution in [0.2, 0.25) is 0 Å². The standard InChI is InChI=1S/C16H31NO4/c1-5-7-11-21-16(19)17-14(9-6-2)15(18)20-12-8-10-13(3)4/h13-14H,5-12H2,1-4H3,(H,17,19). The number of carbonyl (C=O) groups excluding carboxylic acids is 2. The molecule has 21 heavy (non-hydrogen) atoms. The fourth-order valence-corrected chi connectivity index (χ4v) is 1.80.